The maximum atomic E-state index is 16.8. The minimum atomic E-state index is -3.66. The molecule has 3 aliphatic heterocycles. The summed E-state index contributed by atoms with van der Waals surface area (Å²) in [5.74, 6) is -2.10. The fraction of sp³-hybridized carbons (Fsp3) is 0.277. The molecule has 5 aromatic carbocycles. The number of nitrogens with one attached hydrogen (secondary N) is 2. The highest BCUT2D eigenvalue weighted by molar-refractivity contribution is 6.72. The van der Waals surface area contributed by atoms with E-state index in [0.717, 1.165) is 16.7 Å². The van der Waals surface area contributed by atoms with Crippen LogP contribution in [0.15, 0.2) is 115 Å². The first kappa shape index (κ1) is 41.4. The maximum Gasteiger partial charge on any atom is 0.264 e. The minimum Gasteiger partial charge on any atom is -0.399 e. The number of hydrogen-bond acceptors (Lipinski definition) is 8. The molecule has 0 aliphatic carbocycles. The molecule has 1 fully saturated rings. The number of benzene rings is 5. The number of amides is 4. The molecule has 5 aromatic rings. The molecule has 0 radical (unpaired) electrons. The molecule has 314 valence electrons. The molecule has 5 atom stereocenters. The average molecular weight is 841 g/mol. The number of halogens is 1. The molecule has 0 bridgehead atoms. The number of rotatable bonds is 10. The summed E-state index contributed by atoms with van der Waals surface area (Å²) >= 11 is 0. The van der Waals surface area contributed by atoms with Gasteiger partial charge in [-0.05, 0) is 115 Å². The third kappa shape index (κ3) is 7.89. The molecule has 1 saturated heterocycles. The summed E-state index contributed by atoms with van der Waals surface area (Å²) in [4.78, 5) is 59.1. The second kappa shape index (κ2) is 16.3. The third-order valence-corrected chi connectivity index (χ3v) is 14.8. The number of fused-ring (bicyclic) bond motifs is 3. The second-order valence-electron chi connectivity index (χ2n) is 16.8. The smallest absolute Gasteiger partial charge is 0.264 e. The van der Waals surface area contributed by atoms with Crippen molar-refractivity contribution in [2.24, 2.45) is 5.92 Å². The summed E-state index contributed by atoms with van der Waals surface area (Å²) in [6.45, 7) is 5.16. The van der Waals surface area contributed by atoms with Crippen molar-refractivity contribution in [3.63, 3.8) is 0 Å². The molecule has 1 spiro atoms. The summed E-state index contributed by atoms with van der Waals surface area (Å²) in [5.41, 5.74) is 15.8. The SMILES string of the molecule is C[C@@H]1[C@@H]([Si](C)(C)F)[C@H](CC(=O)N2Cc3ccccc3C[C@H]2CO)O[C@@]12C(=O)N(Cc1ccc(NC(=O)c3ccc(N)cc3)cc1)c1ccc(NC(=O)c3ccc(N)cc3)cc12. The fourth-order valence-corrected chi connectivity index (χ4v) is 11.9. The summed E-state index contributed by atoms with van der Waals surface area (Å²) in [5, 5.41) is 16.2. The van der Waals surface area contributed by atoms with E-state index in [2.05, 4.69) is 10.6 Å². The van der Waals surface area contributed by atoms with Crippen LogP contribution in [0.5, 0.6) is 0 Å². The van der Waals surface area contributed by atoms with Crippen molar-refractivity contribution < 1.29 is 33.1 Å². The lowest BCUT2D eigenvalue weighted by Crippen LogP contribution is -2.48. The summed E-state index contributed by atoms with van der Waals surface area (Å²) in [6.07, 6.45) is -0.659. The largest absolute Gasteiger partial charge is 0.399 e. The van der Waals surface area contributed by atoms with Crippen LogP contribution in [-0.4, -0.2) is 60.8 Å². The van der Waals surface area contributed by atoms with Crippen LogP contribution in [0.3, 0.4) is 0 Å². The van der Waals surface area contributed by atoms with Gasteiger partial charge in [-0.1, -0.05) is 43.3 Å². The first-order valence-electron chi connectivity index (χ1n) is 20.4. The van der Waals surface area contributed by atoms with Gasteiger partial charge in [0.15, 0.2) is 5.60 Å². The molecule has 14 heteroatoms. The maximum absolute atomic E-state index is 16.8. The van der Waals surface area contributed by atoms with Crippen LogP contribution in [0.1, 0.15) is 56.3 Å². The number of carbonyl (C=O) groups is 4. The van der Waals surface area contributed by atoms with Crippen molar-refractivity contribution in [2.75, 3.05) is 33.6 Å². The molecule has 8 rings (SSSR count). The van der Waals surface area contributed by atoms with Gasteiger partial charge in [0.05, 0.1) is 37.4 Å². The van der Waals surface area contributed by atoms with Crippen molar-refractivity contribution in [3.05, 3.63) is 149 Å². The van der Waals surface area contributed by atoms with Crippen LogP contribution in [0, 0.1) is 5.92 Å². The molecule has 61 heavy (non-hydrogen) atoms. The van der Waals surface area contributed by atoms with Gasteiger partial charge in [-0.2, -0.15) is 0 Å². The standard InChI is InChI=1S/C47H49FN6O6Si/c1-28-43(61(2,3)48)41(24-42(56)53-26-33-7-5-4-6-32(33)22-38(53)27-55)60-47(28)39-23-37(52-45(58)31-12-16-35(50)17-13-31)20-21-40(39)54(46(47)59)25-29-8-18-36(19-9-29)51-44(57)30-10-14-34(49)15-11-30/h4-21,23,28,38,41,43,55H,22,24-27,49-50H2,1-3H3,(H,51,57)(H,52,58)/t28-,38+,41+,43-,47+/m1/s1. The summed E-state index contributed by atoms with van der Waals surface area (Å²) in [6, 6.07) is 32.7. The van der Waals surface area contributed by atoms with Crippen LogP contribution in [-0.2, 0) is 39.4 Å². The molecule has 0 saturated carbocycles. The monoisotopic (exact) mass is 840 g/mol. The molecule has 12 nitrogen and oxygen atoms in total. The van der Waals surface area contributed by atoms with E-state index >= 15 is 8.90 Å². The normalized spacial score (nSPS) is 21.9. The van der Waals surface area contributed by atoms with E-state index in [1.165, 1.54) is 0 Å². The van der Waals surface area contributed by atoms with Gasteiger partial charge >= 0.3 is 0 Å². The Morgan fingerprint density at radius 2 is 1.41 bits per heavy atom. The lowest BCUT2D eigenvalue weighted by Gasteiger charge is -2.37. The Morgan fingerprint density at radius 1 is 0.836 bits per heavy atom. The Labute approximate surface area is 354 Å². The number of aliphatic hydroxyl groups excluding tert-OH is 1. The van der Waals surface area contributed by atoms with Crippen molar-refractivity contribution >= 4 is 60.5 Å². The van der Waals surface area contributed by atoms with E-state index < -0.39 is 43.5 Å². The number of anilines is 5. The van der Waals surface area contributed by atoms with E-state index in [1.807, 2.05) is 43.3 Å². The van der Waals surface area contributed by atoms with Gasteiger partial charge in [0.25, 0.3) is 17.7 Å². The van der Waals surface area contributed by atoms with Gasteiger partial charge in [-0.3, -0.25) is 19.2 Å². The number of nitrogens with two attached hydrogens (primary N) is 2. The van der Waals surface area contributed by atoms with Crippen LogP contribution in [0.25, 0.3) is 0 Å². The highest BCUT2D eigenvalue weighted by atomic mass is 28.4. The number of carbonyl (C=O) groups excluding carboxylic acids is 4. The Bertz CT molecular complexity index is 2500. The minimum absolute atomic E-state index is 0.114. The lowest BCUT2D eigenvalue weighted by atomic mass is 9.82. The second-order valence-corrected chi connectivity index (χ2v) is 20.6. The Balaban J connectivity index is 1.12. The molecule has 3 heterocycles. The highest BCUT2D eigenvalue weighted by Gasteiger charge is 2.67. The molecule has 0 unspecified atom stereocenters. The zero-order chi connectivity index (χ0) is 43.2. The van der Waals surface area contributed by atoms with Gasteiger partial charge in [0, 0.05) is 57.4 Å². The molecule has 4 amide bonds. The van der Waals surface area contributed by atoms with Crippen molar-refractivity contribution in [3.8, 4) is 0 Å². The molecule has 3 aliphatic rings. The lowest BCUT2D eigenvalue weighted by molar-refractivity contribution is -0.151. The molecule has 0 aromatic heterocycles. The van der Waals surface area contributed by atoms with Crippen LogP contribution in [0.2, 0.25) is 18.6 Å². The summed E-state index contributed by atoms with van der Waals surface area (Å²) in [7, 11) is -3.66. The number of aliphatic hydroxyl groups is 1. The van der Waals surface area contributed by atoms with E-state index in [1.54, 1.807) is 102 Å². The Kier molecular flexibility index (Phi) is 11.0. The van der Waals surface area contributed by atoms with E-state index in [0.29, 0.717) is 58.1 Å². The van der Waals surface area contributed by atoms with E-state index in [-0.39, 0.29) is 37.3 Å². The number of hydrogen-bond donors (Lipinski definition) is 5. The van der Waals surface area contributed by atoms with Gasteiger partial charge in [-0.15, -0.1) is 0 Å². The molecular weight excluding hydrogens is 792 g/mol. The Hall–Kier alpha value is -6.35. The molecular formula is C47H49FN6O6Si. The van der Waals surface area contributed by atoms with Gasteiger partial charge in [0.2, 0.25) is 14.3 Å². The topological polar surface area (TPSA) is 180 Å². The predicted octanol–water partition coefficient (Wildman–Crippen LogP) is 7.01. The van der Waals surface area contributed by atoms with Crippen molar-refractivity contribution in [2.45, 2.75) is 69.2 Å². The first-order valence-corrected chi connectivity index (χ1v) is 23.3. The van der Waals surface area contributed by atoms with E-state index in [9.17, 15) is 19.5 Å². The van der Waals surface area contributed by atoms with Gasteiger partial charge in [0.1, 0.15) is 0 Å². The highest BCUT2D eigenvalue weighted by Crippen LogP contribution is 2.60. The average Bonchev–Trinajstić information content (AvgIpc) is 3.66. The number of nitrogen functional groups attached to an aromatic ring is 2. The van der Waals surface area contributed by atoms with Crippen LogP contribution < -0.4 is 27.0 Å². The third-order valence-electron chi connectivity index (χ3n) is 12.4. The quantitative estimate of drug-likeness (QED) is 0.0566. The first-order chi connectivity index (χ1) is 29.2. The number of ether oxygens (including phenoxy) is 1. The summed E-state index contributed by atoms with van der Waals surface area (Å²) < 4.78 is 23.7. The molecule has 7 N–H and O–H groups in total. The predicted molar refractivity (Wildman–Crippen MR) is 236 cm³/mol. The zero-order valence-electron chi connectivity index (χ0n) is 34.2. The van der Waals surface area contributed by atoms with Crippen molar-refractivity contribution in [1.29, 1.82) is 0 Å². The van der Waals surface area contributed by atoms with Crippen LogP contribution >= 0.6 is 0 Å². The van der Waals surface area contributed by atoms with Crippen molar-refractivity contribution in [1.82, 2.24) is 4.90 Å². The fourth-order valence-electron chi connectivity index (χ4n) is 9.37. The van der Waals surface area contributed by atoms with Gasteiger partial charge in [-0.25, -0.2) is 0 Å². The van der Waals surface area contributed by atoms with E-state index in [4.69, 9.17) is 16.2 Å². The zero-order valence-corrected chi connectivity index (χ0v) is 35.2. The van der Waals surface area contributed by atoms with Gasteiger partial charge < -0.3 is 45.9 Å². The Morgan fingerprint density at radius 3 is 2.00 bits per heavy atom. The van der Waals surface area contributed by atoms with Crippen LogP contribution in [0.4, 0.5) is 32.5 Å². The number of nitrogens with zero attached hydrogens (tertiary/aromatic N) is 2.